The quantitative estimate of drug-likeness (QED) is 0.634. The van der Waals surface area contributed by atoms with E-state index in [2.05, 4.69) is 10.6 Å². The zero-order valence-corrected chi connectivity index (χ0v) is 12.8. The van der Waals surface area contributed by atoms with Gasteiger partial charge in [-0.2, -0.15) is 27.0 Å². The van der Waals surface area contributed by atoms with Gasteiger partial charge in [-0.05, 0) is 51.1 Å². The van der Waals surface area contributed by atoms with Crippen molar-refractivity contribution in [3.63, 3.8) is 0 Å². The summed E-state index contributed by atoms with van der Waals surface area (Å²) in [4.78, 5) is 11.1. The third-order valence-electron chi connectivity index (χ3n) is 2.71. The van der Waals surface area contributed by atoms with Gasteiger partial charge < -0.3 is 10.6 Å². The normalized spacial score (nSPS) is 13.5. The Balaban J connectivity index is 0. The maximum absolute atomic E-state index is 11.1. The highest BCUT2D eigenvalue weighted by atomic mass is 32.1. The highest BCUT2D eigenvalue weighted by molar-refractivity contribution is 7.59. The lowest BCUT2D eigenvalue weighted by molar-refractivity contribution is -0.121. The van der Waals surface area contributed by atoms with Crippen molar-refractivity contribution in [3.05, 3.63) is 0 Å². The van der Waals surface area contributed by atoms with Gasteiger partial charge in [0.25, 0.3) is 0 Å². The van der Waals surface area contributed by atoms with Gasteiger partial charge in [-0.15, -0.1) is 0 Å². The van der Waals surface area contributed by atoms with Gasteiger partial charge in [-0.1, -0.05) is 6.92 Å². The first-order valence-corrected chi connectivity index (χ1v) is 6.30. The first-order chi connectivity index (χ1) is 7.33. The maximum atomic E-state index is 11.1. The van der Waals surface area contributed by atoms with Gasteiger partial charge in [0.1, 0.15) is 0 Å². The van der Waals surface area contributed by atoms with Crippen LogP contribution in [-0.2, 0) is 4.79 Å². The third-order valence-corrected chi connectivity index (χ3v) is 2.71. The van der Waals surface area contributed by atoms with Crippen LogP contribution >= 0.6 is 27.0 Å². The van der Waals surface area contributed by atoms with Crippen molar-refractivity contribution < 1.29 is 4.79 Å². The lowest BCUT2D eigenvalue weighted by atomic mass is 10.3. The zero-order chi connectivity index (χ0) is 10.9. The zero-order valence-electron chi connectivity index (χ0n) is 10.8. The van der Waals surface area contributed by atoms with Crippen LogP contribution < -0.4 is 10.6 Å². The van der Waals surface area contributed by atoms with Gasteiger partial charge in [0.2, 0.25) is 5.91 Å². The fourth-order valence-corrected chi connectivity index (χ4v) is 1.55. The summed E-state index contributed by atoms with van der Waals surface area (Å²) < 4.78 is 0. The largest absolute Gasteiger partial charge is 0.356 e. The molecule has 17 heavy (non-hydrogen) atoms. The van der Waals surface area contributed by atoms with Crippen molar-refractivity contribution in [1.29, 1.82) is 0 Å². The number of rotatable bonds is 9. The van der Waals surface area contributed by atoms with E-state index in [0.717, 1.165) is 31.8 Å². The first-order valence-electron chi connectivity index (χ1n) is 6.30. The number of hydrogen-bond donors (Lipinski definition) is 2. The van der Waals surface area contributed by atoms with Crippen molar-refractivity contribution in [2.75, 3.05) is 19.6 Å². The summed E-state index contributed by atoms with van der Waals surface area (Å²) in [6.45, 7) is 5.16. The monoisotopic (exact) mass is 280 g/mol. The molecule has 0 saturated heterocycles. The van der Waals surface area contributed by atoms with E-state index in [9.17, 15) is 4.79 Å². The van der Waals surface area contributed by atoms with Crippen LogP contribution in [0, 0.1) is 5.92 Å². The molecule has 0 bridgehead atoms. The summed E-state index contributed by atoms with van der Waals surface area (Å²) in [5, 5.41) is 6.38. The maximum Gasteiger partial charge on any atom is 0.219 e. The highest BCUT2D eigenvalue weighted by Gasteiger charge is 2.19. The second-order valence-corrected chi connectivity index (χ2v) is 4.45. The number of hydrogen-bond acceptors (Lipinski definition) is 2. The van der Waals surface area contributed by atoms with Crippen molar-refractivity contribution >= 4 is 32.9 Å². The van der Waals surface area contributed by atoms with E-state index >= 15 is 0 Å². The number of amides is 1. The molecular formula is C12H28N2OS2. The van der Waals surface area contributed by atoms with E-state index in [4.69, 9.17) is 0 Å². The van der Waals surface area contributed by atoms with Gasteiger partial charge in [0.15, 0.2) is 0 Å². The molecule has 0 atom stereocenters. The fourth-order valence-electron chi connectivity index (χ4n) is 1.55. The predicted octanol–water partition coefficient (Wildman–Crippen LogP) is 1.91. The molecule has 1 amide bonds. The Hall–Kier alpha value is 0.130. The predicted molar refractivity (Wildman–Crippen MR) is 83.5 cm³/mol. The van der Waals surface area contributed by atoms with E-state index in [1.807, 2.05) is 6.92 Å². The Kier molecular flexibility index (Phi) is 14.4. The van der Waals surface area contributed by atoms with Gasteiger partial charge >= 0.3 is 0 Å². The number of carbonyl (C=O) groups is 1. The van der Waals surface area contributed by atoms with Gasteiger partial charge in [-0.3, -0.25) is 4.79 Å². The number of carbonyl (C=O) groups excluding carboxylic acids is 1. The lowest BCUT2D eigenvalue weighted by Crippen LogP contribution is -2.25. The second kappa shape index (κ2) is 12.6. The average molecular weight is 281 g/mol. The molecule has 1 fully saturated rings. The molecule has 0 aliphatic heterocycles. The molecule has 3 nitrogen and oxygen atoms in total. The van der Waals surface area contributed by atoms with Gasteiger partial charge in [0.05, 0.1) is 0 Å². The third kappa shape index (κ3) is 12.4. The molecule has 0 spiro atoms. The topological polar surface area (TPSA) is 41.1 Å². The molecular weight excluding hydrogens is 252 g/mol. The lowest BCUT2D eigenvalue weighted by Gasteiger charge is -2.05. The van der Waals surface area contributed by atoms with Crippen LogP contribution in [0.25, 0.3) is 0 Å². The van der Waals surface area contributed by atoms with E-state index in [1.54, 1.807) is 0 Å². The van der Waals surface area contributed by atoms with Crippen LogP contribution in [0.1, 0.15) is 45.4 Å². The Morgan fingerprint density at radius 1 is 1.18 bits per heavy atom. The summed E-state index contributed by atoms with van der Waals surface area (Å²) >= 11 is 0. The first kappa shape index (κ1) is 19.5. The van der Waals surface area contributed by atoms with Crippen LogP contribution in [0.3, 0.4) is 0 Å². The van der Waals surface area contributed by atoms with Gasteiger partial charge in [0, 0.05) is 13.0 Å². The van der Waals surface area contributed by atoms with Crippen LogP contribution in [-0.4, -0.2) is 25.5 Å². The minimum atomic E-state index is 0. The SMILES string of the molecule is CCCC(=O)NCCCCNCC1CC1.S.S. The molecule has 5 heteroatoms. The van der Waals surface area contributed by atoms with Crippen LogP contribution in [0.2, 0.25) is 0 Å². The second-order valence-electron chi connectivity index (χ2n) is 4.45. The molecule has 0 aromatic carbocycles. The fraction of sp³-hybridized carbons (Fsp3) is 0.917. The summed E-state index contributed by atoms with van der Waals surface area (Å²) in [6.07, 6.45) is 6.70. The van der Waals surface area contributed by atoms with Gasteiger partial charge in [-0.25, -0.2) is 0 Å². The van der Waals surface area contributed by atoms with Crippen molar-refractivity contribution in [2.45, 2.75) is 45.4 Å². The Bertz CT molecular complexity index is 187. The molecule has 2 N–H and O–H groups in total. The van der Waals surface area contributed by atoms with Crippen LogP contribution in [0.15, 0.2) is 0 Å². The molecule has 0 radical (unpaired) electrons. The molecule has 1 aliphatic carbocycles. The Morgan fingerprint density at radius 3 is 2.41 bits per heavy atom. The Labute approximate surface area is 119 Å². The Morgan fingerprint density at radius 2 is 1.82 bits per heavy atom. The smallest absolute Gasteiger partial charge is 0.219 e. The van der Waals surface area contributed by atoms with E-state index in [-0.39, 0.29) is 32.9 Å². The van der Waals surface area contributed by atoms with Crippen LogP contribution in [0.4, 0.5) is 0 Å². The summed E-state index contributed by atoms with van der Waals surface area (Å²) in [5.74, 6) is 1.16. The molecule has 1 rings (SSSR count). The summed E-state index contributed by atoms with van der Waals surface area (Å²) in [5.41, 5.74) is 0. The molecule has 104 valence electrons. The summed E-state index contributed by atoms with van der Waals surface area (Å²) in [7, 11) is 0. The van der Waals surface area contributed by atoms with E-state index in [0.29, 0.717) is 6.42 Å². The van der Waals surface area contributed by atoms with E-state index < -0.39 is 0 Å². The highest BCUT2D eigenvalue weighted by Crippen LogP contribution is 2.27. The van der Waals surface area contributed by atoms with Crippen molar-refractivity contribution in [2.24, 2.45) is 5.92 Å². The average Bonchev–Trinajstić information content (AvgIpc) is 3.00. The summed E-state index contributed by atoms with van der Waals surface area (Å²) in [6, 6.07) is 0. The number of unbranched alkanes of at least 4 members (excludes halogenated alkanes) is 1. The van der Waals surface area contributed by atoms with Crippen molar-refractivity contribution in [1.82, 2.24) is 10.6 Å². The molecule has 0 heterocycles. The van der Waals surface area contributed by atoms with Crippen LogP contribution in [0.5, 0.6) is 0 Å². The van der Waals surface area contributed by atoms with E-state index in [1.165, 1.54) is 25.8 Å². The standard InChI is InChI=1S/C12H24N2O.2H2S/c1-2-5-12(15)14-9-4-3-8-13-10-11-6-7-11;;/h11,13H,2-10H2,1H3,(H,14,15);2*1H2. The molecule has 1 saturated carbocycles. The number of nitrogens with one attached hydrogen (secondary N) is 2. The molecule has 0 unspecified atom stereocenters. The molecule has 0 aromatic heterocycles. The molecule has 1 aliphatic rings. The van der Waals surface area contributed by atoms with Crippen molar-refractivity contribution in [3.8, 4) is 0 Å². The minimum Gasteiger partial charge on any atom is -0.356 e. The minimum absolute atomic E-state index is 0. The molecule has 0 aromatic rings.